The molecule has 0 saturated heterocycles. The smallest absolute Gasteiger partial charge is 1.00 e. The van der Waals surface area contributed by atoms with Gasteiger partial charge in [0.05, 0.1) is 11.1 Å². The van der Waals surface area contributed by atoms with Gasteiger partial charge in [0.25, 0.3) is 0 Å². The van der Waals surface area contributed by atoms with Gasteiger partial charge >= 0.3 is 34.1 Å². The standard InChI is InChI=1S/2C18H14F3.C3H6.2ClH.Ti/c2*1-2-12-10-14-4-3-5-16(17(14)11-12)13-6-8-15(9-7-13)18(19,20)21;1-3-2;;;/h2*3-11H,2H2,1H3;1-3H2;2*1H;/q2*-1;-2;;;+2/p-2. The van der Waals surface area contributed by atoms with Gasteiger partial charge in [0.2, 0.25) is 0 Å². The maximum absolute atomic E-state index is 12.6. The van der Waals surface area contributed by atoms with Crippen molar-refractivity contribution in [3.63, 3.8) is 0 Å². The van der Waals surface area contributed by atoms with Gasteiger partial charge in [-0.3, -0.25) is 0 Å². The molecule has 0 atom stereocenters. The first kappa shape index (κ1) is 43.0. The Balaban J connectivity index is 0.000000420. The molecule has 0 fully saturated rings. The Labute approximate surface area is 306 Å². The number of halogens is 8. The van der Waals surface area contributed by atoms with Crippen LogP contribution >= 0.6 is 0 Å². The summed E-state index contributed by atoms with van der Waals surface area (Å²) < 4.78 is 75.7. The Morgan fingerprint density at radius 1 is 0.542 bits per heavy atom. The monoisotopic (exact) mass is 734 g/mol. The predicted octanol–water partition coefficient (Wildman–Crippen LogP) is 6.66. The van der Waals surface area contributed by atoms with Gasteiger partial charge in [-0.2, -0.15) is 38.5 Å². The minimum absolute atomic E-state index is 0. The molecule has 0 spiro atoms. The molecule has 0 aliphatic heterocycles. The number of benzene rings is 4. The quantitative estimate of drug-likeness (QED) is 0.108. The topological polar surface area (TPSA) is 0 Å². The van der Waals surface area contributed by atoms with E-state index in [-0.39, 0.29) is 46.5 Å². The number of alkyl halides is 6. The van der Waals surface area contributed by atoms with Crippen molar-refractivity contribution in [2.24, 2.45) is 0 Å². The zero-order valence-electron chi connectivity index (χ0n) is 26.5. The molecule has 0 N–H and O–H groups in total. The first-order valence-corrected chi connectivity index (χ1v) is 14.7. The SMILES string of the molecule is CCc1cc2c(-c3ccc(C(F)(F)F)cc3)cccc2[cH-]1.CCc1cc2c(-c3ccc(C(F)(F)F)cc3)cccc2[cH-]1.[CH2-]C[CH2-].[Cl-].[Cl-].[Ti+2]. The Morgan fingerprint density at radius 3 is 1.12 bits per heavy atom. The minimum atomic E-state index is -4.29. The van der Waals surface area contributed by atoms with Crippen molar-refractivity contribution in [2.45, 2.75) is 45.5 Å². The molecule has 0 nitrogen and oxygen atoms in total. The zero-order valence-corrected chi connectivity index (χ0v) is 29.5. The number of aryl methyl sites for hydroxylation is 2. The fourth-order valence-electron chi connectivity index (χ4n) is 5.18. The molecule has 254 valence electrons. The zero-order chi connectivity index (χ0) is 32.8. The second-order valence-corrected chi connectivity index (χ2v) is 10.6. The third kappa shape index (κ3) is 10.5. The van der Waals surface area contributed by atoms with E-state index in [9.17, 15) is 26.3 Å². The van der Waals surface area contributed by atoms with Crippen LogP contribution in [0.15, 0.2) is 109 Å². The van der Waals surface area contributed by atoms with Gasteiger partial charge in [0, 0.05) is 0 Å². The Hall–Kier alpha value is -3.03. The molecular weight excluding hydrogens is 701 g/mol. The van der Waals surface area contributed by atoms with Gasteiger partial charge in [0.1, 0.15) is 0 Å². The maximum Gasteiger partial charge on any atom is 2.00 e. The minimum Gasteiger partial charge on any atom is -1.00 e. The van der Waals surface area contributed by atoms with Crippen LogP contribution in [0.25, 0.3) is 43.8 Å². The van der Waals surface area contributed by atoms with E-state index < -0.39 is 23.5 Å². The average molecular weight is 735 g/mol. The van der Waals surface area contributed by atoms with Gasteiger partial charge in [-0.25, -0.2) is 0 Å². The van der Waals surface area contributed by atoms with Crippen molar-refractivity contribution < 1.29 is 72.9 Å². The summed E-state index contributed by atoms with van der Waals surface area (Å²) in [5.41, 5.74) is 4.81. The van der Waals surface area contributed by atoms with Crippen molar-refractivity contribution in [1.82, 2.24) is 0 Å². The van der Waals surface area contributed by atoms with Crippen molar-refractivity contribution >= 4 is 21.5 Å². The van der Waals surface area contributed by atoms with E-state index in [1.807, 2.05) is 36.4 Å². The Bertz CT molecular complexity index is 1690. The summed E-state index contributed by atoms with van der Waals surface area (Å²) in [7, 11) is 0. The summed E-state index contributed by atoms with van der Waals surface area (Å²) in [4.78, 5) is 0. The third-order valence-corrected chi connectivity index (χ3v) is 7.48. The van der Waals surface area contributed by atoms with Crippen molar-refractivity contribution in [2.75, 3.05) is 0 Å². The summed E-state index contributed by atoms with van der Waals surface area (Å²) in [5.74, 6) is 0. The van der Waals surface area contributed by atoms with E-state index in [4.69, 9.17) is 0 Å². The number of hydrogen-bond acceptors (Lipinski definition) is 0. The van der Waals surface area contributed by atoms with Crippen LogP contribution in [0.2, 0.25) is 0 Å². The second-order valence-electron chi connectivity index (χ2n) is 10.6. The van der Waals surface area contributed by atoms with E-state index in [0.29, 0.717) is 0 Å². The molecular formula is C39H34Cl2F6Ti-4. The largest absolute Gasteiger partial charge is 2.00 e. The molecule has 6 aromatic rings. The molecule has 9 heteroatoms. The van der Waals surface area contributed by atoms with Crippen molar-refractivity contribution in [1.29, 1.82) is 0 Å². The van der Waals surface area contributed by atoms with Crippen LogP contribution in [0.4, 0.5) is 26.3 Å². The normalized spacial score (nSPS) is 10.9. The molecule has 0 saturated carbocycles. The summed E-state index contributed by atoms with van der Waals surface area (Å²) in [6.07, 6.45) is -5.94. The van der Waals surface area contributed by atoms with Crippen LogP contribution in [0.5, 0.6) is 0 Å². The van der Waals surface area contributed by atoms with Crippen LogP contribution in [0.1, 0.15) is 42.5 Å². The van der Waals surface area contributed by atoms with E-state index in [1.165, 1.54) is 35.4 Å². The molecule has 0 unspecified atom stereocenters. The van der Waals surface area contributed by atoms with Crippen LogP contribution < -0.4 is 24.8 Å². The summed E-state index contributed by atoms with van der Waals surface area (Å²) in [5, 5.41) is 4.44. The second kappa shape index (κ2) is 18.7. The number of hydrogen-bond donors (Lipinski definition) is 0. The average Bonchev–Trinajstić information content (AvgIpc) is 3.65. The van der Waals surface area contributed by atoms with E-state index in [1.54, 1.807) is 0 Å². The molecule has 48 heavy (non-hydrogen) atoms. The van der Waals surface area contributed by atoms with Gasteiger partial charge < -0.3 is 45.1 Å². The maximum atomic E-state index is 12.6. The third-order valence-electron chi connectivity index (χ3n) is 7.48. The van der Waals surface area contributed by atoms with Crippen LogP contribution in [-0.2, 0) is 46.9 Å². The van der Waals surface area contributed by atoms with Crippen LogP contribution in [0, 0.1) is 13.8 Å². The van der Waals surface area contributed by atoms with Crippen LogP contribution in [-0.4, -0.2) is 0 Å². The Kier molecular flexibility index (Phi) is 16.7. The van der Waals surface area contributed by atoms with Gasteiger partial charge in [-0.05, 0) is 48.2 Å². The molecule has 0 amide bonds. The Morgan fingerprint density at radius 2 is 0.854 bits per heavy atom. The molecule has 0 aromatic heterocycles. The summed E-state index contributed by atoms with van der Waals surface area (Å²) in [6.45, 7) is 10.9. The fourth-order valence-corrected chi connectivity index (χ4v) is 5.18. The molecule has 0 aliphatic rings. The van der Waals surface area contributed by atoms with Gasteiger partial charge in [-0.1, -0.05) is 61.4 Å². The first-order valence-electron chi connectivity index (χ1n) is 14.7. The van der Waals surface area contributed by atoms with Crippen molar-refractivity contribution in [3.05, 3.63) is 145 Å². The molecule has 0 bridgehead atoms. The molecule has 0 heterocycles. The van der Waals surface area contributed by atoms with E-state index in [2.05, 4.69) is 52.0 Å². The number of rotatable bonds is 4. The fraction of sp³-hybridized carbons (Fsp3) is 0.179. The number of fused-ring (bicyclic) bond motifs is 2. The molecule has 6 rings (SSSR count). The van der Waals surface area contributed by atoms with Crippen molar-refractivity contribution in [3.8, 4) is 22.3 Å². The molecule has 0 aliphatic carbocycles. The molecule has 6 aromatic carbocycles. The van der Waals surface area contributed by atoms with Gasteiger partial charge in [0.15, 0.2) is 0 Å². The van der Waals surface area contributed by atoms with E-state index in [0.717, 1.165) is 87.3 Å². The predicted molar refractivity (Wildman–Crippen MR) is 174 cm³/mol. The summed E-state index contributed by atoms with van der Waals surface area (Å²) in [6, 6.07) is 31.0. The van der Waals surface area contributed by atoms with E-state index >= 15 is 0 Å². The van der Waals surface area contributed by atoms with Crippen LogP contribution in [0.3, 0.4) is 0 Å². The molecule has 0 radical (unpaired) electrons. The first-order chi connectivity index (χ1) is 21.4. The summed E-state index contributed by atoms with van der Waals surface area (Å²) >= 11 is 0. The van der Waals surface area contributed by atoms with Gasteiger partial charge in [-0.15, -0.1) is 69.1 Å².